The van der Waals surface area contributed by atoms with Gasteiger partial charge in [-0.3, -0.25) is 0 Å². The largest absolute Gasteiger partial charge is 0.308 e. The molecule has 4 heteroatoms. The van der Waals surface area contributed by atoms with E-state index in [9.17, 15) is 0 Å². The van der Waals surface area contributed by atoms with Gasteiger partial charge in [0.25, 0.3) is 0 Å². The maximum atomic E-state index is 4.86. The number of hydrogen-bond acceptors (Lipinski definition) is 3. The SMILES string of the molecule is Cc1ccc(CNCc2cn(-c3ccccc3)nc2-c2ccccc2)s1. The molecule has 2 heterocycles. The minimum atomic E-state index is 0.786. The molecule has 4 rings (SSSR count). The average molecular weight is 359 g/mol. The molecule has 0 saturated heterocycles. The van der Waals surface area contributed by atoms with Crippen LogP contribution in [0.25, 0.3) is 16.9 Å². The Hall–Kier alpha value is -2.69. The van der Waals surface area contributed by atoms with Crippen molar-refractivity contribution in [1.29, 1.82) is 0 Å². The van der Waals surface area contributed by atoms with Crippen molar-refractivity contribution in [3.8, 4) is 16.9 Å². The molecule has 0 radical (unpaired) electrons. The van der Waals surface area contributed by atoms with E-state index in [-0.39, 0.29) is 0 Å². The molecular weight excluding hydrogens is 338 g/mol. The van der Waals surface area contributed by atoms with E-state index >= 15 is 0 Å². The van der Waals surface area contributed by atoms with Gasteiger partial charge in [0.2, 0.25) is 0 Å². The number of aromatic nitrogens is 2. The third-order valence-corrected chi connectivity index (χ3v) is 5.27. The highest BCUT2D eigenvalue weighted by atomic mass is 32.1. The van der Waals surface area contributed by atoms with Crippen LogP contribution in [-0.4, -0.2) is 9.78 Å². The summed E-state index contributed by atoms with van der Waals surface area (Å²) in [7, 11) is 0. The summed E-state index contributed by atoms with van der Waals surface area (Å²) in [4.78, 5) is 2.71. The van der Waals surface area contributed by atoms with Gasteiger partial charge < -0.3 is 5.32 Å². The molecule has 0 bridgehead atoms. The summed E-state index contributed by atoms with van der Waals surface area (Å²) in [6.07, 6.45) is 2.13. The third kappa shape index (κ3) is 3.77. The quantitative estimate of drug-likeness (QED) is 0.513. The maximum Gasteiger partial charge on any atom is 0.0972 e. The summed E-state index contributed by atoms with van der Waals surface area (Å²) in [5.74, 6) is 0. The van der Waals surface area contributed by atoms with Gasteiger partial charge >= 0.3 is 0 Å². The number of rotatable bonds is 6. The van der Waals surface area contributed by atoms with Gasteiger partial charge in [-0.25, -0.2) is 4.68 Å². The van der Waals surface area contributed by atoms with Crippen molar-refractivity contribution >= 4 is 11.3 Å². The summed E-state index contributed by atoms with van der Waals surface area (Å²) in [6.45, 7) is 3.81. The molecule has 130 valence electrons. The summed E-state index contributed by atoms with van der Waals surface area (Å²) in [5.41, 5.74) is 4.45. The van der Waals surface area contributed by atoms with Gasteiger partial charge in [0.15, 0.2) is 0 Å². The van der Waals surface area contributed by atoms with Crippen LogP contribution in [0.2, 0.25) is 0 Å². The topological polar surface area (TPSA) is 29.9 Å². The zero-order valence-electron chi connectivity index (χ0n) is 14.7. The van der Waals surface area contributed by atoms with Crippen molar-refractivity contribution in [1.82, 2.24) is 15.1 Å². The van der Waals surface area contributed by atoms with Crippen LogP contribution in [0.3, 0.4) is 0 Å². The molecule has 0 aliphatic rings. The van der Waals surface area contributed by atoms with Crippen molar-refractivity contribution in [2.75, 3.05) is 0 Å². The minimum absolute atomic E-state index is 0.786. The monoisotopic (exact) mass is 359 g/mol. The fraction of sp³-hybridized carbons (Fsp3) is 0.136. The number of nitrogens with zero attached hydrogens (tertiary/aromatic N) is 2. The first-order chi connectivity index (χ1) is 12.8. The lowest BCUT2D eigenvalue weighted by Crippen LogP contribution is -2.11. The fourth-order valence-electron chi connectivity index (χ4n) is 2.99. The fourth-order valence-corrected chi connectivity index (χ4v) is 3.85. The summed E-state index contributed by atoms with van der Waals surface area (Å²) < 4.78 is 1.97. The lowest BCUT2D eigenvalue weighted by molar-refractivity contribution is 0.701. The van der Waals surface area contributed by atoms with Crippen LogP contribution in [0.5, 0.6) is 0 Å². The number of para-hydroxylation sites is 1. The summed E-state index contributed by atoms with van der Waals surface area (Å²) in [6, 6.07) is 25.0. The first kappa shape index (κ1) is 16.8. The highest BCUT2D eigenvalue weighted by molar-refractivity contribution is 7.11. The van der Waals surface area contributed by atoms with Crippen LogP contribution in [0.4, 0.5) is 0 Å². The van der Waals surface area contributed by atoms with Crippen molar-refractivity contribution in [3.05, 3.63) is 94.3 Å². The van der Waals surface area contributed by atoms with Crippen LogP contribution in [0.15, 0.2) is 79.0 Å². The second-order valence-corrected chi connectivity index (χ2v) is 7.64. The zero-order valence-corrected chi connectivity index (χ0v) is 15.5. The molecule has 0 aliphatic carbocycles. The molecule has 0 aliphatic heterocycles. The van der Waals surface area contributed by atoms with E-state index in [1.54, 1.807) is 0 Å². The molecule has 26 heavy (non-hydrogen) atoms. The predicted molar refractivity (Wildman–Crippen MR) is 109 cm³/mol. The lowest BCUT2D eigenvalue weighted by atomic mass is 10.1. The molecular formula is C22H21N3S. The summed E-state index contributed by atoms with van der Waals surface area (Å²) >= 11 is 1.84. The van der Waals surface area contributed by atoms with E-state index in [2.05, 4.69) is 67.0 Å². The Morgan fingerprint density at radius 2 is 1.62 bits per heavy atom. The van der Waals surface area contributed by atoms with E-state index in [0.717, 1.165) is 30.0 Å². The molecule has 2 aromatic heterocycles. The van der Waals surface area contributed by atoms with Crippen molar-refractivity contribution in [3.63, 3.8) is 0 Å². The highest BCUT2D eigenvalue weighted by Gasteiger charge is 2.12. The van der Waals surface area contributed by atoms with Crippen LogP contribution < -0.4 is 5.32 Å². The number of aryl methyl sites for hydroxylation is 1. The van der Waals surface area contributed by atoms with Gasteiger partial charge in [-0.05, 0) is 31.2 Å². The van der Waals surface area contributed by atoms with E-state index in [1.807, 2.05) is 40.3 Å². The molecule has 0 amide bonds. The third-order valence-electron chi connectivity index (χ3n) is 4.27. The van der Waals surface area contributed by atoms with Gasteiger partial charge in [-0.1, -0.05) is 48.5 Å². The Balaban J connectivity index is 1.60. The molecule has 3 nitrogen and oxygen atoms in total. The maximum absolute atomic E-state index is 4.86. The molecule has 0 fully saturated rings. The average Bonchev–Trinajstić information content (AvgIpc) is 3.30. The standard InChI is InChI=1S/C22H21N3S/c1-17-12-13-21(26-17)15-23-14-19-16-25(20-10-6-3-7-11-20)24-22(19)18-8-4-2-5-9-18/h2-13,16,23H,14-15H2,1H3. The van der Waals surface area contributed by atoms with Gasteiger partial charge in [-0.15, -0.1) is 11.3 Å². The Labute approximate surface area is 157 Å². The Bertz CT molecular complexity index is 971. The molecule has 0 atom stereocenters. The first-order valence-electron chi connectivity index (χ1n) is 8.75. The van der Waals surface area contributed by atoms with Crippen LogP contribution in [-0.2, 0) is 13.1 Å². The number of thiophene rings is 1. The molecule has 0 spiro atoms. The molecule has 4 aromatic rings. The molecule has 1 N–H and O–H groups in total. The molecule has 2 aromatic carbocycles. The normalized spacial score (nSPS) is 11.0. The van der Waals surface area contributed by atoms with Gasteiger partial charge in [0, 0.05) is 40.2 Å². The van der Waals surface area contributed by atoms with E-state index in [1.165, 1.54) is 15.3 Å². The Kier molecular flexibility index (Phi) is 4.95. The summed E-state index contributed by atoms with van der Waals surface area (Å²) in [5, 5.41) is 8.42. The first-order valence-corrected chi connectivity index (χ1v) is 9.57. The predicted octanol–water partition coefficient (Wildman–Crippen LogP) is 5.20. The number of benzene rings is 2. The van der Waals surface area contributed by atoms with Crippen LogP contribution >= 0.6 is 11.3 Å². The van der Waals surface area contributed by atoms with E-state index < -0.39 is 0 Å². The molecule has 0 unspecified atom stereocenters. The lowest BCUT2D eigenvalue weighted by Gasteiger charge is -2.04. The Morgan fingerprint density at radius 1 is 0.885 bits per heavy atom. The van der Waals surface area contributed by atoms with E-state index in [4.69, 9.17) is 5.10 Å². The zero-order chi connectivity index (χ0) is 17.8. The van der Waals surface area contributed by atoms with E-state index in [0.29, 0.717) is 0 Å². The smallest absolute Gasteiger partial charge is 0.0972 e. The minimum Gasteiger partial charge on any atom is -0.308 e. The number of hydrogen-bond donors (Lipinski definition) is 1. The van der Waals surface area contributed by atoms with Gasteiger partial charge in [0.05, 0.1) is 11.4 Å². The van der Waals surface area contributed by atoms with Crippen molar-refractivity contribution in [2.24, 2.45) is 0 Å². The van der Waals surface area contributed by atoms with Gasteiger partial charge in [0.1, 0.15) is 0 Å². The second-order valence-electron chi connectivity index (χ2n) is 6.27. The van der Waals surface area contributed by atoms with Gasteiger partial charge in [-0.2, -0.15) is 5.10 Å². The van der Waals surface area contributed by atoms with Crippen molar-refractivity contribution < 1.29 is 0 Å². The second kappa shape index (κ2) is 7.68. The van der Waals surface area contributed by atoms with Crippen LogP contribution in [0, 0.1) is 6.92 Å². The highest BCUT2D eigenvalue weighted by Crippen LogP contribution is 2.24. The number of nitrogens with one attached hydrogen (secondary N) is 1. The molecule has 0 saturated carbocycles. The Morgan fingerprint density at radius 3 is 2.31 bits per heavy atom. The van der Waals surface area contributed by atoms with Crippen molar-refractivity contribution in [2.45, 2.75) is 20.0 Å². The van der Waals surface area contributed by atoms with Crippen LogP contribution in [0.1, 0.15) is 15.3 Å².